The van der Waals surface area contributed by atoms with Crippen molar-refractivity contribution in [2.24, 2.45) is 5.92 Å². The first-order valence-electron chi connectivity index (χ1n) is 7.73. The van der Waals surface area contributed by atoms with Crippen molar-refractivity contribution in [2.45, 2.75) is 32.7 Å². The molecule has 2 heteroatoms. The molecular formula is C18H26N2. The van der Waals surface area contributed by atoms with Crippen molar-refractivity contribution in [2.75, 3.05) is 26.2 Å². The van der Waals surface area contributed by atoms with Crippen LogP contribution in [0.3, 0.4) is 0 Å². The van der Waals surface area contributed by atoms with Gasteiger partial charge in [0.05, 0.1) is 6.54 Å². The van der Waals surface area contributed by atoms with Gasteiger partial charge in [-0.3, -0.25) is 4.90 Å². The molecule has 1 fully saturated rings. The van der Waals surface area contributed by atoms with Crippen molar-refractivity contribution < 1.29 is 0 Å². The molecule has 0 amide bonds. The zero-order chi connectivity index (χ0) is 14.2. The molecule has 1 saturated heterocycles. The average Bonchev–Trinajstić information content (AvgIpc) is 2.92. The maximum Gasteiger partial charge on any atom is 0.0605 e. The number of nitrogens with one attached hydrogen (secondary N) is 1. The Hall–Kier alpha value is -1.30. The van der Waals surface area contributed by atoms with Crippen molar-refractivity contribution in [3.05, 3.63) is 35.9 Å². The van der Waals surface area contributed by atoms with E-state index in [9.17, 15) is 0 Å². The fourth-order valence-corrected chi connectivity index (χ4v) is 2.72. The van der Waals surface area contributed by atoms with E-state index >= 15 is 0 Å². The van der Waals surface area contributed by atoms with Crippen molar-refractivity contribution >= 4 is 0 Å². The lowest BCUT2D eigenvalue weighted by Crippen LogP contribution is -2.39. The van der Waals surface area contributed by atoms with Crippen LogP contribution in [0.4, 0.5) is 0 Å². The number of rotatable bonds is 5. The van der Waals surface area contributed by atoms with Gasteiger partial charge in [-0.25, -0.2) is 0 Å². The second kappa shape index (κ2) is 8.09. The summed E-state index contributed by atoms with van der Waals surface area (Å²) in [6.45, 7) is 8.85. The second-order valence-corrected chi connectivity index (χ2v) is 6.05. The third kappa shape index (κ3) is 5.36. The zero-order valence-corrected chi connectivity index (χ0v) is 12.7. The summed E-state index contributed by atoms with van der Waals surface area (Å²) in [6, 6.07) is 10.9. The van der Waals surface area contributed by atoms with Crippen molar-refractivity contribution in [1.29, 1.82) is 0 Å². The van der Waals surface area contributed by atoms with Gasteiger partial charge in [-0.15, -0.1) is 0 Å². The smallest absolute Gasteiger partial charge is 0.0605 e. The lowest BCUT2D eigenvalue weighted by Gasteiger charge is -2.25. The molecule has 0 bridgehead atoms. The largest absolute Gasteiger partial charge is 0.313 e. The fraction of sp³-hybridized carbons (Fsp3) is 0.556. The third-order valence-corrected chi connectivity index (χ3v) is 3.57. The minimum Gasteiger partial charge on any atom is -0.313 e. The SMILES string of the molecule is CC(C)CN(CC#Cc1ccccc1)CC1CCCN1. The molecule has 1 aromatic carbocycles. The molecule has 1 atom stereocenters. The Kier molecular flexibility index (Phi) is 6.11. The van der Waals surface area contributed by atoms with Gasteiger partial charge in [0, 0.05) is 24.7 Å². The Morgan fingerprint density at radius 2 is 2.10 bits per heavy atom. The van der Waals surface area contributed by atoms with Gasteiger partial charge in [0.15, 0.2) is 0 Å². The van der Waals surface area contributed by atoms with Crippen LogP contribution in [0.1, 0.15) is 32.3 Å². The molecule has 0 saturated carbocycles. The summed E-state index contributed by atoms with van der Waals surface area (Å²) in [5.74, 6) is 7.28. The topological polar surface area (TPSA) is 15.3 Å². The Morgan fingerprint density at radius 1 is 1.30 bits per heavy atom. The summed E-state index contributed by atoms with van der Waals surface area (Å²) in [4.78, 5) is 2.49. The molecule has 1 N–H and O–H groups in total. The normalized spacial score (nSPS) is 18.3. The summed E-state index contributed by atoms with van der Waals surface area (Å²) in [6.07, 6.45) is 2.62. The van der Waals surface area contributed by atoms with Crippen LogP contribution in [0.15, 0.2) is 30.3 Å². The molecule has 1 unspecified atom stereocenters. The first-order chi connectivity index (χ1) is 9.74. The molecule has 1 heterocycles. The molecule has 2 rings (SSSR count). The minimum atomic E-state index is 0.660. The quantitative estimate of drug-likeness (QED) is 0.828. The van der Waals surface area contributed by atoms with E-state index in [-0.39, 0.29) is 0 Å². The third-order valence-electron chi connectivity index (χ3n) is 3.57. The number of hydrogen-bond donors (Lipinski definition) is 1. The summed E-state index contributed by atoms with van der Waals surface area (Å²) < 4.78 is 0. The fourth-order valence-electron chi connectivity index (χ4n) is 2.72. The molecule has 0 aliphatic carbocycles. The number of benzene rings is 1. The van der Waals surface area contributed by atoms with E-state index in [1.54, 1.807) is 0 Å². The zero-order valence-electron chi connectivity index (χ0n) is 12.7. The van der Waals surface area contributed by atoms with E-state index in [0.717, 1.165) is 25.2 Å². The van der Waals surface area contributed by atoms with Gasteiger partial charge in [-0.1, -0.05) is 43.9 Å². The summed E-state index contributed by atoms with van der Waals surface area (Å²) in [5, 5.41) is 3.58. The molecule has 1 aliphatic rings. The van der Waals surface area contributed by atoms with E-state index in [1.807, 2.05) is 18.2 Å². The molecule has 108 valence electrons. The molecular weight excluding hydrogens is 244 g/mol. The highest BCUT2D eigenvalue weighted by molar-refractivity contribution is 5.33. The van der Waals surface area contributed by atoms with Crippen molar-refractivity contribution in [3.8, 4) is 11.8 Å². The van der Waals surface area contributed by atoms with E-state index in [2.05, 4.69) is 48.0 Å². The Labute approximate surface area is 123 Å². The molecule has 0 spiro atoms. The molecule has 1 aliphatic heterocycles. The molecule has 0 radical (unpaired) electrons. The molecule has 20 heavy (non-hydrogen) atoms. The first kappa shape index (κ1) is 15.1. The van der Waals surface area contributed by atoms with Crippen LogP contribution in [-0.2, 0) is 0 Å². The van der Waals surface area contributed by atoms with Gasteiger partial charge in [0.2, 0.25) is 0 Å². The van der Waals surface area contributed by atoms with Crippen molar-refractivity contribution in [3.63, 3.8) is 0 Å². The Balaban J connectivity index is 1.88. The van der Waals surface area contributed by atoms with Gasteiger partial charge in [-0.05, 0) is 37.4 Å². The molecule has 0 aromatic heterocycles. The Bertz CT molecular complexity index is 435. The first-order valence-corrected chi connectivity index (χ1v) is 7.73. The maximum absolute atomic E-state index is 3.58. The van der Waals surface area contributed by atoms with Crippen LogP contribution in [0, 0.1) is 17.8 Å². The molecule has 1 aromatic rings. The monoisotopic (exact) mass is 270 g/mol. The second-order valence-electron chi connectivity index (χ2n) is 6.05. The van der Waals surface area contributed by atoms with Gasteiger partial charge >= 0.3 is 0 Å². The van der Waals surface area contributed by atoms with Crippen LogP contribution in [0.2, 0.25) is 0 Å². The van der Waals surface area contributed by atoms with E-state index in [0.29, 0.717) is 12.0 Å². The van der Waals surface area contributed by atoms with Crippen LogP contribution in [0.5, 0.6) is 0 Å². The van der Waals surface area contributed by atoms with E-state index in [1.165, 1.54) is 19.4 Å². The minimum absolute atomic E-state index is 0.660. The predicted molar refractivity (Wildman–Crippen MR) is 85.6 cm³/mol. The van der Waals surface area contributed by atoms with Crippen LogP contribution in [-0.4, -0.2) is 37.1 Å². The van der Waals surface area contributed by atoms with Crippen LogP contribution in [0.25, 0.3) is 0 Å². The summed E-state index contributed by atoms with van der Waals surface area (Å²) in [5.41, 5.74) is 1.11. The highest BCUT2D eigenvalue weighted by Crippen LogP contribution is 2.08. The van der Waals surface area contributed by atoms with Gasteiger partial charge in [0.25, 0.3) is 0 Å². The highest BCUT2D eigenvalue weighted by Gasteiger charge is 2.17. The van der Waals surface area contributed by atoms with Crippen LogP contribution < -0.4 is 5.32 Å². The lowest BCUT2D eigenvalue weighted by atomic mass is 10.1. The average molecular weight is 270 g/mol. The van der Waals surface area contributed by atoms with Crippen LogP contribution >= 0.6 is 0 Å². The summed E-state index contributed by atoms with van der Waals surface area (Å²) in [7, 11) is 0. The van der Waals surface area contributed by atoms with E-state index < -0.39 is 0 Å². The predicted octanol–water partition coefficient (Wildman–Crippen LogP) is 2.75. The standard InChI is InChI=1S/C18H26N2/c1-16(2)14-20(15-18-11-6-12-19-18)13-7-10-17-8-4-3-5-9-17/h3-5,8-9,16,18-19H,6,11-15H2,1-2H3. The lowest BCUT2D eigenvalue weighted by molar-refractivity contribution is 0.249. The van der Waals surface area contributed by atoms with Gasteiger partial charge in [-0.2, -0.15) is 0 Å². The number of hydrogen-bond acceptors (Lipinski definition) is 2. The van der Waals surface area contributed by atoms with Gasteiger partial charge < -0.3 is 5.32 Å². The Morgan fingerprint density at radius 3 is 2.75 bits per heavy atom. The maximum atomic E-state index is 3.58. The summed E-state index contributed by atoms with van der Waals surface area (Å²) >= 11 is 0. The van der Waals surface area contributed by atoms with Crippen molar-refractivity contribution in [1.82, 2.24) is 10.2 Å². The van der Waals surface area contributed by atoms with E-state index in [4.69, 9.17) is 0 Å². The highest BCUT2D eigenvalue weighted by atomic mass is 15.1. The van der Waals surface area contributed by atoms with Gasteiger partial charge in [0.1, 0.15) is 0 Å². The molecule has 2 nitrogen and oxygen atoms in total. The number of nitrogens with zero attached hydrogens (tertiary/aromatic N) is 1.